The zero-order chi connectivity index (χ0) is 15.0. The number of rotatable bonds is 3. The summed E-state index contributed by atoms with van der Waals surface area (Å²) >= 11 is 0. The maximum absolute atomic E-state index is 12.7. The van der Waals surface area contributed by atoms with E-state index in [0.29, 0.717) is 25.3 Å². The van der Waals surface area contributed by atoms with Crippen LogP contribution in [0.25, 0.3) is 0 Å². The number of carbonyl (C=O) groups is 1. The molecule has 1 aromatic heterocycles. The van der Waals surface area contributed by atoms with Gasteiger partial charge in [-0.1, -0.05) is 13.0 Å². The van der Waals surface area contributed by atoms with Gasteiger partial charge in [0.1, 0.15) is 5.69 Å². The van der Waals surface area contributed by atoms with Gasteiger partial charge < -0.3 is 10.6 Å². The molecule has 2 aromatic rings. The topological polar surface area (TPSA) is 64.2 Å². The number of amides is 1. The lowest BCUT2D eigenvalue weighted by Gasteiger charge is -2.15. The fourth-order valence-corrected chi connectivity index (χ4v) is 2.78. The molecule has 0 saturated heterocycles. The molecular weight excluding hydrogens is 264 g/mol. The highest BCUT2D eigenvalue weighted by molar-refractivity contribution is 5.93. The Morgan fingerprint density at radius 3 is 2.71 bits per heavy atom. The van der Waals surface area contributed by atoms with Gasteiger partial charge in [-0.05, 0) is 42.7 Å². The van der Waals surface area contributed by atoms with E-state index in [1.807, 2.05) is 43.0 Å². The molecule has 1 aliphatic rings. The molecule has 21 heavy (non-hydrogen) atoms. The van der Waals surface area contributed by atoms with Crippen molar-refractivity contribution in [3.8, 4) is 0 Å². The minimum atomic E-state index is 0.0406. The molecule has 0 atom stereocenters. The fourth-order valence-electron chi connectivity index (χ4n) is 2.78. The first-order chi connectivity index (χ1) is 10.1. The molecule has 0 unspecified atom stereocenters. The standard InChI is InChI=1S/C16H20N4O/c1-3-14-8-15(20(4-2)18-14)16(21)19-9-11-5-6-13(17)7-12(11)10-19/h5-8H,3-4,9-10,17H2,1-2H3. The summed E-state index contributed by atoms with van der Waals surface area (Å²) in [5, 5.41) is 4.45. The fraction of sp³-hybridized carbons (Fsp3) is 0.375. The Labute approximate surface area is 124 Å². The third-order valence-corrected chi connectivity index (χ3v) is 3.95. The Morgan fingerprint density at radius 1 is 1.24 bits per heavy atom. The highest BCUT2D eigenvalue weighted by Crippen LogP contribution is 2.26. The van der Waals surface area contributed by atoms with E-state index in [-0.39, 0.29) is 5.91 Å². The Bertz CT molecular complexity index is 690. The molecule has 5 heteroatoms. The quantitative estimate of drug-likeness (QED) is 0.879. The van der Waals surface area contributed by atoms with E-state index in [1.165, 1.54) is 5.56 Å². The number of anilines is 1. The monoisotopic (exact) mass is 284 g/mol. The number of nitrogen functional groups attached to an aromatic ring is 1. The van der Waals surface area contributed by atoms with Gasteiger partial charge >= 0.3 is 0 Å². The smallest absolute Gasteiger partial charge is 0.272 e. The van der Waals surface area contributed by atoms with Crippen LogP contribution in [-0.2, 0) is 26.1 Å². The van der Waals surface area contributed by atoms with Crippen molar-refractivity contribution in [1.29, 1.82) is 0 Å². The molecule has 3 rings (SSSR count). The van der Waals surface area contributed by atoms with Crippen LogP contribution in [0, 0.1) is 0 Å². The van der Waals surface area contributed by atoms with Gasteiger partial charge in [0.05, 0.1) is 5.69 Å². The van der Waals surface area contributed by atoms with Crippen LogP contribution < -0.4 is 5.73 Å². The zero-order valence-corrected chi connectivity index (χ0v) is 12.5. The highest BCUT2D eigenvalue weighted by atomic mass is 16.2. The summed E-state index contributed by atoms with van der Waals surface area (Å²) < 4.78 is 1.79. The summed E-state index contributed by atoms with van der Waals surface area (Å²) in [5.41, 5.74) is 10.5. The van der Waals surface area contributed by atoms with Crippen molar-refractivity contribution in [1.82, 2.24) is 14.7 Å². The van der Waals surface area contributed by atoms with Crippen molar-refractivity contribution in [3.05, 3.63) is 46.8 Å². The predicted molar refractivity (Wildman–Crippen MR) is 81.7 cm³/mol. The van der Waals surface area contributed by atoms with Crippen LogP contribution in [0.4, 0.5) is 5.69 Å². The van der Waals surface area contributed by atoms with Crippen LogP contribution in [-0.4, -0.2) is 20.6 Å². The van der Waals surface area contributed by atoms with Gasteiger partial charge in [-0.2, -0.15) is 5.10 Å². The Hall–Kier alpha value is -2.30. The van der Waals surface area contributed by atoms with Crippen molar-refractivity contribution in [2.75, 3.05) is 5.73 Å². The lowest BCUT2D eigenvalue weighted by Crippen LogP contribution is -2.27. The molecule has 1 aliphatic heterocycles. The van der Waals surface area contributed by atoms with Crippen molar-refractivity contribution in [2.24, 2.45) is 0 Å². The van der Waals surface area contributed by atoms with E-state index in [4.69, 9.17) is 5.73 Å². The predicted octanol–water partition coefficient (Wildman–Crippen LogP) is 2.20. The van der Waals surface area contributed by atoms with Crippen LogP contribution in [0.15, 0.2) is 24.3 Å². The summed E-state index contributed by atoms with van der Waals surface area (Å²) in [7, 11) is 0. The Balaban J connectivity index is 1.86. The molecule has 0 radical (unpaired) electrons. The van der Waals surface area contributed by atoms with Gasteiger partial charge in [0, 0.05) is 25.3 Å². The first kappa shape index (κ1) is 13.7. The van der Waals surface area contributed by atoms with Crippen molar-refractivity contribution >= 4 is 11.6 Å². The van der Waals surface area contributed by atoms with Gasteiger partial charge in [-0.25, -0.2) is 0 Å². The second-order valence-corrected chi connectivity index (χ2v) is 5.38. The summed E-state index contributed by atoms with van der Waals surface area (Å²) in [6, 6.07) is 7.76. The van der Waals surface area contributed by atoms with Crippen molar-refractivity contribution in [2.45, 2.75) is 39.9 Å². The number of benzene rings is 1. The van der Waals surface area contributed by atoms with Crippen molar-refractivity contribution in [3.63, 3.8) is 0 Å². The molecule has 0 fully saturated rings. The van der Waals surface area contributed by atoms with Gasteiger partial charge in [0.2, 0.25) is 0 Å². The molecule has 2 heterocycles. The summed E-state index contributed by atoms with van der Waals surface area (Å²) in [6.45, 7) is 6.02. The van der Waals surface area contributed by atoms with Crippen LogP contribution in [0.3, 0.4) is 0 Å². The summed E-state index contributed by atoms with van der Waals surface area (Å²) in [4.78, 5) is 14.6. The largest absolute Gasteiger partial charge is 0.399 e. The maximum Gasteiger partial charge on any atom is 0.272 e. The molecular formula is C16H20N4O. The number of hydrogen-bond donors (Lipinski definition) is 1. The van der Waals surface area contributed by atoms with E-state index in [1.54, 1.807) is 4.68 Å². The molecule has 0 aliphatic carbocycles. The molecule has 5 nitrogen and oxygen atoms in total. The third kappa shape index (κ3) is 2.39. The van der Waals surface area contributed by atoms with E-state index in [2.05, 4.69) is 5.10 Å². The van der Waals surface area contributed by atoms with Gasteiger partial charge in [-0.3, -0.25) is 9.48 Å². The second-order valence-electron chi connectivity index (χ2n) is 5.38. The lowest BCUT2D eigenvalue weighted by atomic mass is 10.1. The van der Waals surface area contributed by atoms with E-state index < -0.39 is 0 Å². The number of nitrogens with two attached hydrogens (primary N) is 1. The zero-order valence-electron chi connectivity index (χ0n) is 12.5. The van der Waals surface area contributed by atoms with Gasteiger partial charge in [0.25, 0.3) is 5.91 Å². The molecule has 0 bridgehead atoms. The third-order valence-electron chi connectivity index (χ3n) is 3.95. The highest BCUT2D eigenvalue weighted by Gasteiger charge is 2.26. The number of fused-ring (bicyclic) bond motifs is 1. The SMILES string of the molecule is CCc1cc(C(=O)N2Cc3ccc(N)cc3C2)n(CC)n1. The number of aryl methyl sites for hydroxylation is 2. The first-order valence-corrected chi connectivity index (χ1v) is 7.35. The maximum atomic E-state index is 12.7. The minimum absolute atomic E-state index is 0.0406. The average molecular weight is 284 g/mol. The number of aromatic nitrogens is 2. The van der Waals surface area contributed by atoms with Gasteiger partial charge in [0.15, 0.2) is 0 Å². The first-order valence-electron chi connectivity index (χ1n) is 7.35. The molecule has 0 spiro atoms. The lowest BCUT2D eigenvalue weighted by molar-refractivity contribution is 0.0739. The molecule has 1 amide bonds. The van der Waals surface area contributed by atoms with E-state index in [9.17, 15) is 4.79 Å². The molecule has 110 valence electrons. The second kappa shape index (κ2) is 5.24. The van der Waals surface area contributed by atoms with E-state index >= 15 is 0 Å². The molecule has 0 saturated carbocycles. The normalized spacial score (nSPS) is 13.5. The van der Waals surface area contributed by atoms with Crippen LogP contribution >= 0.6 is 0 Å². The molecule has 2 N–H and O–H groups in total. The minimum Gasteiger partial charge on any atom is -0.399 e. The molecule has 1 aromatic carbocycles. The summed E-state index contributed by atoms with van der Waals surface area (Å²) in [5.74, 6) is 0.0406. The Morgan fingerprint density at radius 2 is 2.00 bits per heavy atom. The Kier molecular flexibility index (Phi) is 3.41. The van der Waals surface area contributed by atoms with Crippen LogP contribution in [0.2, 0.25) is 0 Å². The number of carbonyl (C=O) groups excluding carboxylic acids is 1. The van der Waals surface area contributed by atoms with Crippen LogP contribution in [0.5, 0.6) is 0 Å². The number of nitrogens with zero attached hydrogens (tertiary/aromatic N) is 3. The van der Waals surface area contributed by atoms with Crippen LogP contribution in [0.1, 0.15) is 41.2 Å². The van der Waals surface area contributed by atoms with E-state index in [0.717, 1.165) is 23.4 Å². The summed E-state index contributed by atoms with van der Waals surface area (Å²) in [6.07, 6.45) is 0.837. The van der Waals surface area contributed by atoms with Crippen molar-refractivity contribution < 1.29 is 4.79 Å². The number of hydrogen-bond acceptors (Lipinski definition) is 3. The average Bonchev–Trinajstić information content (AvgIpc) is 3.09. The van der Waals surface area contributed by atoms with Gasteiger partial charge in [-0.15, -0.1) is 0 Å².